The average molecular weight is 261 g/mol. The third-order valence-corrected chi connectivity index (χ3v) is 4.02. The molecule has 0 atom stereocenters. The Hall–Kier alpha value is -1.81. The molecule has 0 saturated heterocycles. The van der Waals surface area contributed by atoms with Crippen molar-refractivity contribution in [1.29, 1.82) is 0 Å². The van der Waals surface area contributed by atoms with E-state index in [9.17, 15) is 8.42 Å². The van der Waals surface area contributed by atoms with Crippen LogP contribution in [-0.4, -0.2) is 14.7 Å². The lowest BCUT2D eigenvalue weighted by Gasteiger charge is -2.09. The topological polar surface area (TPSA) is 60.2 Å². The monoisotopic (exact) mass is 261 g/mol. The second-order valence-corrected chi connectivity index (χ2v) is 6.32. The van der Waals surface area contributed by atoms with E-state index in [-0.39, 0.29) is 0 Å². The molecule has 0 radical (unpaired) electrons. The molecule has 0 heterocycles. The molecular weight excluding hydrogens is 246 g/mol. The smallest absolute Gasteiger partial charge is 0.176 e. The Labute approximate surface area is 107 Å². The highest BCUT2D eigenvalue weighted by atomic mass is 32.2. The van der Waals surface area contributed by atoms with Crippen molar-refractivity contribution in [2.45, 2.75) is 11.8 Å². The van der Waals surface area contributed by atoms with Crippen molar-refractivity contribution in [2.75, 3.05) is 12.0 Å². The molecule has 0 spiro atoms. The number of nitrogen functional groups attached to an aromatic ring is 1. The molecular formula is C14H15NO2S. The summed E-state index contributed by atoms with van der Waals surface area (Å²) in [4.78, 5) is 0.342. The zero-order chi connectivity index (χ0) is 13.3. The minimum Gasteiger partial charge on any atom is -0.399 e. The largest absolute Gasteiger partial charge is 0.399 e. The molecule has 2 N–H and O–H groups in total. The Morgan fingerprint density at radius 2 is 1.72 bits per heavy atom. The predicted octanol–water partition coefficient (Wildman–Crippen LogP) is 2.65. The van der Waals surface area contributed by atoms with Gasteiger partial charge in [0.15, 0.2) is 9.84 Å². The lowest BCUT2D eigenvalue weighted by atomic mass is 10.0. The van der Waals surface area contributed by atoms with Gasteiger partial charge in [0.25, 0.3) is 0 Å². The molecule has 94 valence electrons. The van der Waals surface area contributed by atoms with Crippen LogP contribution in [0.2, 0.25) is 0 Å². The quantitative estimate of drug-likeness (QED) is 0.845. The zero-order valence-electron chi connectivity index (χ0n) is 10.3. The van der Waals surface area contributed by atoms with Crippen molar-refractivity contribution in [3.05, 3.63) is 48.0 Å². The first-order chi connectivity index (χ1) is 8.39. The van der Waals surface area contributed by atoms with Crippen LogP contribution in [0, 0.1) is 6.92 Å². The van der Waals surface area contributed by atoms with Gasteiger partial charge in [0.2, 0.25) is 0 Å². The number of rotatable bonds is 2. The van der Waals surface area contributed by atoms with Gasteiger partial charge in [0.1, 0.15) is 0 Å². The van der Waals surface area contributed by atoms with E-state index in [2.05, 4.69) is 0 Å². The second-order valence-electron chi connectivity index (χ2n) is 4.34. The molecule has 0 aromatic heterocycles. The van der Waals surface area contributed by atoms with Crippen LogP contribution < -0.4 is 5.73 Å². The van der Waals surface area contributed by atoms with Crippen LogP contribution in [0.1, 0.15) is 5.56 Å². The van der Waals surface area contributed by atoms with E-state index in [0.717, 1.165) is 11.1 Å². The number of aryl methyl sites for hydroxylation is 1. The normalized spacial score (nSPS) is 11.4. The molecule has 2 aromatic carbocycles. The number of anilines is 1. The van der Waals surface area contributed by atoms with Gasteiger partial charge in [-0.05, 0) is 36.2 Å². The molecule has 0 saturated carbocycles. The zero-order valence-corrected chi connectivity index (χ0v) is 11.2. The van der Waals surface area contributed by atoms with E-state index in [1.54, 1.807) is 24.3 Å². The fourth-order valence-corrected chi connectivity index (χ4v) is 2.78. The summed E-state index contributed by atoms with van der Waals surface area (Å²) in [6.07, 6.45) is 1.22. The SMILES string of the molecule is Cc1cc(-c2ccccc2S(C)(=O)=O)ccc1N. The van der Waals surface area contributed by atoms with Crippen LogP contribution in [0.3, 0.4) is 0 Å². The van der Waals surface area contributed by atoms with Crippen LogP contribution in [0.15, 0.2) is 47.4 Å². The second kappa shape index (κ2) is 4.46. The lowest BCUT2D eigenvalue weighted by molar-refractivity contribution is 0.602. The summed E-state index contributed by atoms with van der Waals surface area (Å²) < 4.78 is 23.5. The maximum Gasteiger partial charge on any atom is 0.176 e. The highest BCUT2D eigenvalue weighted by Gasteiger charge is 2.13. The summed E-state index contributed by atoms with van der Waals surface area (Å²) in [7, 11) is -3.24. The highest BCUT2D eigenvalue weighted by Crippen LogP contribution is 2.29. The summed E-state index contributed by atoms with van der Waals surface area (Å²) in [6, 6.07) is 12.5. The van der Waals surface area contributed by atoms with Crippen molar-refractivity contribution >= 4 is 15.5 Å². The number of sulfone groups is 1. The number of nitrogens with two attached hydrogens (primary N) is 1. The van der Waals surface area contributed by atoms with E-state index in [4.69, 9.17) is 5.73 Å². The van der Waals surface area contributed by atoms with Crippen molar-refractivity contribution < 1.29 is 8.42 Å². The van der Waals surface area contributed by atoms with Gasteiger partial charge in [-0.3, -0.25) is 0 Å². The summed E-state index contributed by atoms with van der Waals surface area (Å²) in [5, 5.41) is 0. The molecule has 0 fully saturated rings. The van der Waals surface area contributed by atoms with Gasteiger partial charge in [-0.15, -0.1) is 0 Å². The fourth-order valence-electron chi connectivity index (χ4n) is 1.87. The molecule has 4 heteroatoms. The van der Waals surface area contributed by atoms with E-state index in [1.807, 2.05) is 25.1 Å². The summed E-state index contributed by atoms with van der Waals surface area (Å²) in [5.41, 5.74) is 8.99. The first-order valence-electron chi connectivity index (χ1n) is 5.55. The maximum atomic E-state index is 11.8. The summed E-state index contributed by atoms with van der Waals surface area (Å²) in [6.45, 7) is 1.90. The highest BCUT2D eigenvalue weighted by molar-refractivity contribution is 7.90. The molecule has 0 aliphatic carbocycles. The van der Waals surface area contributed by atoms with Crippen molar-refractivity contribution in [3.63, 3.8) is 0 Å². The molecule has 0 unspecified atom stereocenters. The predicted molar refractivity (Wildman–Crippen MR) is 74.1 cm³/mol. The Morgan fingerprint density at radius 1 is 1.06 bits per heavy atom. The summed E-state index contributed by atoms with van der Waals surface area (Å²) in [5.74, 6) is 0. The van der Waals surface area contributed by atoms with Gasteiger partial charge in [-0.1, -0.05) is 24.3 Å². The molecule has 18 heavy (non-hydrogen) atoms. The van der Waals surface area contributed by atoms with Crippen LogP contribution in [-0.2, 0) is 9.84 Å². The molecule has 0 aliphatic rings. The minimum absolute atomic E-state index is 0.342. The number of hydrogen-bond donors (Lipinski definition) is 1. The lowest BCUT2D eigenvalue weighted by Crippen LogP contribution is -2.00. The number of hydrogen-bond acceptors (Lipinski definition) is 3. The molecule has 2 rings (SSSR count). The fraction of sp³-hybridized carbons (Fsp3) is 0.143. The van der Waals surface area contributed by atoms with Gasteiger partial charge >= 0.3 is 0 Å². The van der Waals surface area contributed by atoms with Crippen molar-refractivity contribution in [1.82, 2.24) is 0 Å². The first kappa shape index (κ1) is 12.6. The van der Waals surface area contributed by atoms with Gasteiger partial charge in [-0.2, -0.15) is 0 Å². The molecule has 0 amide bonds. The Kier molecular flexibility index (Phi) is 3.13. The Bertz CT molecular complexity index is 691. The van der Waals surface area contributed by atoms with Crippen LogP contribution in [0.4, 0.5) is 5.69 Å². The summed E-state index contributed by atoms with van der Waals surface area (Å²) >= 11 is 0. The number of benzene rings is 2. The van der Waals surface area contributed by atoms with Crippen molar-refractivity contribution in [3.8, 4) is 11.1 Å². The third-order valence-electron chi connectivity index (χ3n) is 2.87. The van der Waals surface area contributed by atoms with E-state index >= 15 is 0 Å². The Balaban J connectivity index is 2.68. The van der Waals surface area contributed by atoms with Crippen LogP contribution >= 0.6 is 0 Å². The van der Waals surface area contributed by atoms with E-state index in [1.165, 1.54) is 6.26 Å². The van der Waals surface area contributed by atoms with E-state index < -0.39 is 9.84 Å². The minimum atomic E-state index is -3.24. The standard InChI is InChI=1S/C14H15NO2S/c1-10-9-11(7-8-13(10)15)12-5-3-4-6-14(12)18(2,16)17/h3-9H,15H2,1-2H3. The van der Waals surface area contributed by atoms with Crippen molar-refractivity contribution in [2.24, 2.45) is 0 Å². The van der Waals surface area contributed by atoms with Crippen LogP contribution in [0.25, 0.3) is 11.1 Å². The Morgan fingerprint density at radius 3 is 2.33 bits per heavy atom. The van der Waals surface area contributed by atoms with Gasteiger partial charge in [-0.25, -0.2) is 8.42 Å². The average Bonchev–Trinajstić information content (AvgIpc) is 2.32. The molecule has 2 aromatic rings. The van der Waals surface area contributed by atoms with Gasteiger partial charge < -0.3 is 5.73 Å². The first-order valence-corrected chi connectivity index (χ1v) is 7.44. The van der Waals surface area contributed by atoms with E-state index in [0.29, 0.717) is 16.1 Å². The van der Waals surface area contributed by atoms with Gasteiger partial charge in [0, 0.05) is 17.5 Å². The molecule has 0 aliphatic heterocycles. The third kappa shape index (κ3) is 2.38. The van der Waals surface area contributed by atoms with Crippen LogP contribution in [0.5, 0.6) is 0 Å². The maximum absolute atomic E-state index is 11.8. The van der Waals surface area contributed by atoms with Gasteiger partial charge in [0.05, 0.1) is 4.90 Å². The molecule has 3 nitrogen and oxygen atoms in total. The molecule has 0 bridgehead atoms.